The number of hydrogen-bond acceptors (Lipinski definition) is 3. The third kappa shape index (κ3) is 5.06. The van der Waals surface area contributed by atoms with Crippen LogP contribution in [-0.4, -0.2) is 22.7 Å². The number of rotatable bonds is 8. The second-order valence-corrected chi connectivity index (χ2v) is 9.14. The Morgan fingerprint density at radius 1 is 0.706 bits per heavy atom. The van der Waals surface area contributed by atoms with Crippen molar-refractivity contribution in [3.63, 3.8) is 0 Å². The molecule has 2 unspecified atom stereocenters. The highest BCUT2D eigenvalue weighted by atomic mass is 16.5. The van der Waals surface area contributed by atoms with Crippen LogP contribution in [0.5, 0.6) is 5.75 Å². The molecule has 34 heavy (non-hydrogen) atoms. The molecular formula is C31H31NO2. The van der Waals surface area contributed by atoms with Crippen molar-refractivity contribution in [3.8, 4) is 5.75 Å². The number of para-hydroxylation sites is 1. The Bertz CT molecular complexity index is 1140. The second-order valence-electron chi connectivity index (χ2n) is 9.14. The molecule has 3 nitrogen and oxygen atoms in total. The largest absolute Gasteiger partial charge is 0.490 e. The Hall–Kier alpha value is -3.40. The molecule has 5 rings (SSSR count). The number of nitrogens with zero attached hydrogens (tertiary/aromatic N) is 1. The zero-order valence-electron chi connectivity index (χ0n) is 19.4. The van der Waals surface area contributed by atoms with Crippen LogP contribution in [0.15, 0.2) is 115 Å². The molecule has 4 aromatic rings. The summed E-state index contributed by atoms with van der Waals surface area (Å²) < 4.78 is 6.41. The molecule has 0 aromatic heterocycles. The van der Waals surface area contributed by atoms with E-state index in [2.05, 4.69) is 65.6 Å². The molecule has 1 N–H and O–H groups in total. The summed E-state index contributed by atoms with van der Waals surface area (Å²) in [4.78, 5) is 2.47. The van der Waals surface area contributed by atoms with Crippen LogP contribution in [0.25, 0.3) is 0 Å². The van der Waals surface area contributed by atoms with Crippen LogP contribution in [0.4, 0.5) is 0 Å². The number of fused-ring (bicyclic) bond motifs is 1. The Balaban J connectivity index is 1.35. The van der Waals surface area contributed by atoms with Gasteiger partial charge in [0.25, 0.3) is 0 Å². The standard InChI is InChI=1S/C31H31NO2/c33-31(27-16-8-3-9-17-27)22-28(34-30-19-11-10-18-29(30)31)20-21-32(23-25-12-4-1-5-13-25)24-26-14-6-2-7-15-26/h1-19,28,33H,20-24H2. The molecule has 0 saturated heterocycles. The number of benzene rings is 4. The number of aliphatic hydroxyl groups is 1. The van der Waals surface area contributed by atoms with E-state index in [-0.39, 0.29) is 6.10 Å². The molecule has 2 atom stereocenters. The lowest BCUT2D eigenvalue weighted by Crippen LogP contribution is -2.40. The fourth-order valence-corrected chi connectivity index (χ4v) is 4.94. The first-order chi connectivity index (χ1) is 16.7. The third-order valence-corrected chi connectivity index (χ3v) is 6.67. The molecule has 0 fully saturated rings. The minimum Gasteiger partial charge on any atom is -0.490 e. The van der Waals surface area contributed by atoms with Crippen molar-refractivity contribution in [2.75, 3.05) is 6.54 Å². The average molecular weight is 450 g/mol. The second kappa shape index (κ2) is 10.3. The molecule has 0 radical (unpaired) electrons. The highest BCUT2D eigenvalue weighted by Gasteiger charge is 2.41. The Morgan fingerprint density at radius 3 is 1.85 bits per heavy atom. The van der Waals surface area contributed by atoms with Crippen molar-refractivity contribution >= 4 is 0 Å². The molecule has 1 heterocycles. The fourth-order valence-electron chi connectivity index (χ4n) is 4.94. The van der Waals surface area contributed by atoms with Gasteiger partial charge in [0.05, 0.1) is 0 Å². The summed E-state index contributed by atoms with van der Waals surface area (Å²) in [6, 6.07) is 39.1. The van der Waals surface area contributed by atoms with Crippen molar-refractivity contribution in [3.05, 3.63) is 138 Å². The van der Waals surface area contributed by atoms with E-state index >= 15 is 0 Å². The molecule has 3 heteroatoms. The minimum atomic E-state index is -1.05. The van der Waals surface area contributed by atoms with Crippen molar-refractivity contribution in [2.24, 2.45) is 0 Å². The maximum absolute atomic E-state index is 11.9. The van der Waals surface area contributed by atoms with Crippen molar-refractivity contribution < 1.29 is 9.84 Å². The molecular weight excluding hydrogens is 418 g/mol. The summed E-state index contributed by atoms with van der Waals surface area (Å²) in [5.41, 5.74) is 3.32. The lowest BCUT2D eigenvalue weighted by molar-refractivity contribution is -0.00435. The van der Waals surface area contributed by atoms with E-state index in [1.807, 2.05) is 54.6 Å². The molecule has 1 aliphatic rings. The molecule has 0 saturated carbocycles. The Labute approximate surface area is 202 Å². The van der Waals surface area contributed by atoms with Gasteiger partial charge in [0.1, 0.15) is 17.5 Å². The third-order valence-electron chi connectivity index (χ3n) is 6.67. The molecule has 4 aromatic carbocycles. The van der Waals surface area contributed by atoms with Crippen molar-refractivity contribution in [1.29, 1.82) is 0 Å². The van der Waals surface area contributed by atoms with Gasteiger partial charge in [0, 0.05) is 31.6 Å². The van der Waals surface area contributed by atoms with Crippen LogP contribution in [0.2, 0.25) is 0 Å². The summed E-state index contributed by atoms with van der Waals surface area (Å²) >= 11 is 0. The Kier molecular flexibility index (Phi) is 6.75. The predicted molar refractivity (Wildman–Crippen MR) is 137 cm³/mol. The van der Waals surface area contributed by atoms with E-state index in [9.17, 15) is 5.11 Å². The van der Waals surface area contributed by atoms with Gasteiger partial charge in [-0.1, -0.05) is 109 Å². The van der Waals surface area contributed by atoms with Gasteiger partial charge in [-0.25, -0.2) is 0 Å². The number of ether oxygens (including phenoxy) is 1. The first-order valence-electron chi connectivity index (χ1n) is 12.0. The molecule has 1 aliphatic heterocycles. The van der Waals surface area contributed by atoms with Crippen LogP contribution in [0.3, 0.4) is 0 Å². The summed E-state index contributed by atoms with van der Waals surface area (Å²) in [5.74, 6) is 0.780. The van der Waals surface area contributed by atoms with Crippen LogP contribution in [0.1, 0.15) is 35.1 Å². The summed E-state index contributed by atoms with van der Waals surface area (Å²) in [5, 5.41) is 11.9. The first kappa shape index (κ1) is 22.4. The lowest BCUT2D eigenvalue weighted by atomic mass is 9.79. The number of hydrogen-bond donors (Lipinski definition) is 1. The van der Waals surface area contributed by atoms with E-state index in [4.69, 9.17) is 4.74 Å². The molecule has 172 valence electrons. The van der Waals surface area contributed by atoms with Gasteiger partial charge in [-0.2, -0.15) is 0 Å². The van der Waals surface area contributed by atoms with E-state index < -0.39 is 5.60 Å². The highest BCUT2D eigenvalue weighted by molar-refractivity contribution is 5.46. The molecule has 0 bridgehead atoms. The predicted octanol–water partition coefficient (Wildman–Crippen LogP) is 6.17. The maximum Gasteiger partial charge on any atom is 0.126 e. The maximum atomic E-state index is 11.9. The van der Waals surface area contributed by atoms with Gasteiger partial charge < -0.3 is 9.84 Å². The smallest absolute Gasteiger partial charge is 0.126 e. The van der Waals surface area contributed by atoms with Crippen LogP contribution < -0.4 is 4.74 Å². The van der Waals surface area contributed by atoms with Gasteiger partial charge in [0.15, 0.2) is 0 Å². The zero-order chi connectivity index (χ0) is 23.2. The van der Waals surface area contributed by atoms with Gasteiger partial charge in [-0.3, -0.25) is 4.90 Å². The molecule has 0 spiro atoms. The van der Waals surface area contributed by atoms with Crippen LogP contribution in [0, 0.1) is 0 Å². The quantitative estimate of drug-likeness (QED) is 0.349. The van der Waals surface area contributed by atoms with Crippen molar-refractivity contribution in [2.45, 2.75) is 37.6 Å². The summed E-state index contributed by atoms with van der Waals surface area (Å²) in [6.45, 7) is 2.63. The van der Waals surface area contributed by atoms with Gasteiger partial charge in [-0.15, -0.1) is 0 Å². The van der Waals surface area contributed by atoms with Crippen LogP contribution in [-0.2, 0) is 18.7 Å². The van der Waals surface area contributed by atoms with E-state index in [1.165, 1.54) is 11.1 Å². The fraction of sp³-hybridized carbons (Fsp3) is 0.226. The topological polar surface area (TPSA) is 32.7 Å². The first-order valence-corrected chi connectivity index (χ1v) is 12.0. The van der Waals surface area contributed by atoms with E-state index in [1.54, 1.807) is 0 Å². The minimum absolute atomic E-state index is 0.0749. The van der Waals surface area contributed by atoms with Gasteiger partial charge in [0.2, 0.25) is 0 Å². The van der Waals surface area contributed by atoms with E-state index in [0.717, 1.165) is 42.9 Å². The van der Waals surface area contributed by atoms with Crippen LogP contribution >= 0.6 is 0 Å². The van der Waals surface area contributed by atoms with E-state index in [0.29, 0.717) is 6.42 Å². The zero-order valence-corrected chi connectivity index (χ0v) is 19.4. The van der Waals surface area contributed by atoms with Crippen molar-refractivity contribution in [1.82, 2.24) is 4.90 Å². The molecule has 0 amide bonds. The normalized spacial score (nSPS) is 19.4. The summed E-state index contributed by atoms with van der Waals surface area (Å²) in [7, 11) is 0. The highest BCUT2D eigenvalue weighted by Crippen LogP contribution is 2.44. The average Bonchev–Trinajstić information content (AvgIpc) is 2.89. The SMILES string of the molecule is OC1(c2ccccc2)CC(CCN(Cc2ccccc2)Cc2ccccc2)Oc2ccccc21. The van der Waals surface area contributed by atoms with Gasteiger partial charge in [-0.05, 0) is 29.2 Å². The molecule has 0 aliphatic carbocycles. The monoisotopic (exact) mass is 449 g/mol. The lowest BCUT2D eigenvalue weighted by Gasteiger charge is -2.39. The summed E-state index contributed by atoms with van der Waals surface area (Å²) in [6.07, 6.45) is 1.30. The van der Waals surface area contributed by atoms with Gasteiger partial charge >= 0.3 is 0 Å². The Morgan fingerprint density at radius 2 is 1.24 bits per heavy atom.